The van der Waals surface area contributed by atoms with E-state index in [2.05, 4.69) is 32.5 Å². The first-order valence-electron chi connectivity index (χ1n) is 7.00. The summed E-state index contributed by atoms with van der Waals surface area (Å²) in [5, 5.41) is 5.40. The van der Waals surface area contributed by atoms with Gasteiger partial charge in [0.25, 0.3) is 0 Å². The summed E-state index contributed by atoms with van der Waals surface area (Å²) in [5.74, 6) is 0.288. The number of nitrogens with zero attached hydrogens (tertiary/aromatic N) is 3. The molecule has 21 heavy (non-hydrogen) atoms. The van der Waals surface area contributed by atoms with Crippen LogP contribution in [0.3, 0.4) is 0 Å². The van der Waals surface area contributed by atoms with Crippen LogP contribution < -0.4 is 10.6 Å². The standard InChI is InChI=1S/C15H19N5O/c1-3-4-7-18-15(21)20-14-17-9-6-13(19-14)12-5-8-16-11(2)10-12/h5-6,8-10H,3-4,7H2,1-2H3,(H2,17,18,19,20,21). The van der Waals surface area contributed by atoms with Gasteiger partial charge in [-0.05, 0) is 31.5 Å². The molecule has 0 aliphatic rings. The number of urea groups is 1. The van der Waals surface area contributed by atoms with E-state index in [1.807, 2.05) is 19.1 Å². The molecular formula is C15H19N5O. The largest absolute Gasteiger partial charge is 0.338 e. The van der Waals surface area contributed by atoms with Crippen LogP contribution in [0.1, 0.15) is 25.5 Å². The zero-order valence-corrected chi connectivity index (χ0v) is 12.3. The molecule has 0 unspecified atom stereocenters. The van der Waals surface area contributed by atoms with Crippen molar-refractivity contribution in [1.82, 2.24) is 20.3 Å². The highest BCUT2D eigenvalue weighted by Crippen LogP contribution is 2.17. The topological polar surface area (TPSA) is 79.8 Å². The first kappa shape index (κ1) is 14.9. The Morgan fingerprint density at radius 3 is 2.81 bits per heavy atom. The van der Waals surface area contributed by atoms with Crippen molar-refractivity contribution in [3.63, 3.8) is 0 Å². The van der Waals surface area contributed by atoms with E-state index in [0.29, 0.717) is 6.54 Å². The van der Waals surface area contributed by atoms with E-state index in [9.17, 15) is 4.79 Å². The second kappa shape index (κ2) is 7.33. The molecule has 0 spiro atoms. The fraction of sp³-hybridized carbons (Fsp3) is 0.333. The fourth-order valence-electron chi connectivity index (χ4n) is 1.81. The minimum absolute atomic E-state index is 0.286. The number of hydrogen-bond acceptors (Lipinski definition) is 4. The Bertz CT molecular complexity index is 615. The minimum Gasteiger partial charge on any atom is -0.338 e. The Labute approximate surface area is 124 Å². The predicted octanol–water partition coefficient (Wildman–Crippen LogP) is 2.77. The third-order valence-corrected chi connectivity index (χ3v) is 2.89. The van der Waals surface area contributed by atoms with E-state index in [-0.39, 0.29) is 12.0 Å². The zero-order valence-electron chi connectivity index (χ0n) is 12.3. The fourth-order valence-corrected chi connectivity index (χ4v) is 1.81. The summed E-state index contributed by atoms with van der Waals surface area (Å²) in [7, 11) is 0. The van der Waals surface area contributed by atoms with Gasteiger partial charge >= 0.3 is 6.03 Å². The SMILES string of the molecule is CCCCNC(=O)Nc1nccc(-c2ccnc(C)c2)n1. The molecule has 0 fully saturated rings. The van der Waals surface area contributed by atoms with Gasteiger partial charge in [-0.2, -0.15) is 0 Å². The molecule has 0 atom stereocenters. The Morgan fingerprint density at radius 1 is 1.24 bits per heavy atom. The van der Waals surface area contributed by atoms with Gasteiger partial charge in [0.15, 0.2) is 0 Å². The summed E-state index contributed by atoms with van der Waals surface area (Å²) in [6.07, 6.45) is 5.34. The van der Waals surface area contributed by atoms with Crippen molar-refractivity contribution in [2.75, 3.05) is 11.9 Å². The average molecular weight is 285 g/mol. The van der Waals surface area contributed by atoms with Gasteiger partial charge in [0, 0.05) is 30.2 Å². The van der Waals surface area contributed by atoms with Gasteiger partial charge in [0.2, 0.25) is 5.95 Å². The van der Waals surface area contributed by atoms with Gasteiger partial charge in [-0.25, -0.2) is 14.8 Å². The van der Waals surface area contributed by atoms with E-state index in [1.54, 1.807) is 18.5 Å². The molecule has 2 N–H and O–H groups in total. The number of nitrogens with one attached hydrogen (secondary N) is 2. The molecule has 6 heteroatoms. The van der Waals surface area contributed by atoms with Crippen LogP contribution in [0, 0.1) is 6.92 Å². The summed E-state index contributed by atoms with van der Waals surface area (Å²) in [5.41, 5.74) is 2.61. The van der Waals surface area contributed by atoms with Crippen molar-refractivity contribution in [1.29, 1.82) is 0 Å². The summed E-state index contributed by atoms with van der Waals surface area (Å²) in [6, 6.07) is 5.33. The molecular weight excluding hydrogens is 266 g/mol. The second-order valence-electron chi connectivity index (χ2n) is 4.69. The Kier molecular flexibility index (Phi) is 5.20. The first-order valence-corrected chi connectivity index (χ1v) is 7.00. The van der Waals surface area contributed by atoms with E-state index in [4.69, 9.17) is 0 Å². The Morgan fingerprint density at radius 2 is 2.05 bits per heavy atom. The quantitative estimate of drug-likeness (QED) is 0.828. The normalized spacial score (nSPS) is 10.2. The van der Waals surface area contributed by atoms with Crippen LogP contribution in [-0.2, 0) is 0 Å². The second-order valence-corrected chi connectivity index (χ2v) is 4.69. The van der Waals surface area contributed by atoms with Crippen LogP contribution in [0.25, 0.3) is 11.3 Å². The number of anilines is 1. The van der Waals surface area contributed by atoms with E-state index < -0.39 is 0 Å². The first-order chi connectivity index (χ1) is 10.2. The van der Waals surface area contributed by atoms with Gasteiger partial charge < -0.3 is 5.32 Å². The van der Waals surface area contributed by atoms with Crippen LogP contribution in [0.15, 0.2) is 30.6 Å². The van der Waals surface area contributed by atoms with Gasteiger partial charge in [0.1, 0.15) is 0 Å². The molecule has 0 saturated carbocycles. The van der Waals surface area contributed by atoms with Crippen LogP contribution in [0.5, 0.6) is 0 Å². The third-order valence-electron chi connectivity index (χ3n) is 2.89. The summed E-state index contributed by atoms with van der Waals surface area (Å²) >= 11 is 0. The molecule has 2 aromatic rings. The van der Waals surface area contributed by atoms with Crippen LogP contribution in [0.4, 0.5) is 10.7 Å². The van der Waals surface area contributed by atoms with Crippen molar-refractivity contribution in [3.05, 3.63) is 36.3 Å². The molecule has 2 rings (SSSR count). The third kappa shape index (κ3) is 4.52. The number of carbonyl (C=O) groups excluding carboxylic acids is 1. The smallest absolute Gasteiger partial charge is 0.321 e. The van der Waals surface area contributed by atoms with Crippen molar-refractivity contribution >= 4 is 12.0 Å². The molecule has 0 bridgehead atoms. The van der Waals surface area contributed by atoms with E-state index >= 15 is 0 Å². The minimum atomic E-state index is -0.286. The molecule has 0 radical (unpaired) electrons. The molecule has 2 amide bonds. The van der Waals surface area contributed by atoms with E-state index in [0.717, 1.165) is 29.8 Å². The number of carbonyl (C=O) groups is 1. The molecule has 0 aliphatic heterocycles. The number of aryl methyl sites for hydroxylation is 1. The Balaban J connectivity index is 2.06. The zero-order chi connectivity index (χ0) is 15.1. The molecule has 2 aromatic heterocycles. The molecule has 6 nitrogen and oxygen atoms in total. The number of amides is 2. The van der Waals surface area contributed by atoms with Crippen molar-refractivity contribution in [3.8, 4) is 11.3 Å². The number of hydrogen-bond donors (Lipinski definition) is 2. The molecule has 0 saturated heterocycles. The number of aromatic nitrogens is 3. The van der Waals surface area contributed by atoms with Gasteiger partial charge in [-0.3, -0.25) is 10.3 Å². The summed E-state index contributed by atoms with van der Waals surface area (Å²) < 4.78 is 0. The maximum Gasteiger partial charge on any atom is 0.321 e. The summed E-state index contributed by atoms with van der Waals surface area (Å²) in [4.78, 5) is 24.2. The molecule has 0 aliphatic carbocycles. The maximum absolute atomic E-state index is 11.7. The lowest BCUT2D eigenvalue weighted by Gasteiger charge is -2.07. The summed E-state index contributed by atoms with van der Waals surface area (Å²) in [6.45, 7) is 4.64. The Hall–Kier alpha value is -2.50. The average Bonchev–Trinajstić information content (AvgIpc) is 2.48. The lowest BCUT2D eigenvalue weighted by molar-refractivity contribution is 0.252. The maximum atomic E-state index is 11.7. The highest BCUT2D eigenvalue weighted by molar-refractivity contribution is 5.87. The lowest BCUT2D eigenvalue weighted by Crippen LogP contribution is -2.30. The van der Waals surface area contributed by atoms with Gasteiger partial charge in [-0.15, -0.1) is 0 Å². The van der Waals surface area contributed by atoms with Crippen LogP contribution in [-0.4, -0.2) is 27.5 Å². The van der Waals surface area contributed by atoms with Crippen molar-refractivity contribution in [2.45, 2.75) is 26.7 Å². The van der Waals surface area contributed by atoms with Crippen molar-refractivity contribution < 1.29 is 4.79 Å². The van der Waals surface area contributed by atoms with E-state index in [1.165, 1.54) is 0 Å². The molecule has 2 heterocycles. The molecule has 0 aromatic carbocycles. The monoisotopic (exact) mass is 285 g/mol. The van der Waals surface area contributed by atoms with Gasteiger partial charge in [0.05, 0.1) is 5.69 Å². The van der Waals surface area contributed by atoms with Gasteiger partial charge in [-0.1, -0.05) is 13.3 Å². The van der Waals surface area contributed by atoms with Crippen LogP contribution >= 0.6 is 0 Å². The molecule has 110 valence electrons. The number of pyridine rings is 1. The van der Waals surface area contributed by atoms with Crippen molar-refractivity contribution in [2.24, 2.45) is 0 Å². The van der Waals surface area contributed by atoms with Crippen LogP contribution in [0.2, 0.25) is 0 Å². The lowest BCUT2D eigenvalue weighted by atomic mass is 10.2. The highest BCUT2D eigenvalue weighted by atomic mass is 16.2. The number of unbranched alkanes of at least 4 members (excludes halogenated alkanes) is 1. The predicted molar refractivity (Wildman–Crippen MR) is 81.9 cm³/mol. The number of rotatable bonds is 5. The highest BCUT2D eigenvalue weighted by Gasteiger charge is 2.06.